The number of alkyl halides is 1. The van der Waals surface area contributed by atoms with Gasteiger partial charge in [0.25, 0.3) is 0 Å². The van der Waals surface area contributed by atoms with E-state index in [9.17, 15) is 24.0 Å². The standard InChI is InChI=1S/C27H37FN8O4/c1-7-21(12-28)36(27(39)33-24-11-22(30-8-9-40-6)20(13-29)14-31-24)26-18(2)10-19(23(17-37)32-26)15-35(5)25(38)16-34(3)4/h10-11,14,17,21H,7-9,12,15-16H2,1-6H3,(H2,30,31,33,39). The molecule has 2 rings (SSSR count). The minimum atomic E-state index is -0.876. The number of hydrogen-bond acceptors (Lipinski definition) is 9. The smallest absolute Gasteiger partial charge is 0.329 e. The summed E-state index contributed by atoms with van der Waals surface area (Å²) in [4.78, 5) is 50.9. The third kappa shape index (κ3) is 8.42. The van der Waals surface area contributed by atoms with Crippen molar-refractivity contribution in [3.63, 3.8) is 0 Å². The Morgan fingerprint density at radius 2 is 2.00 bits per heavy atom. The van der Waals surface area contributed by atoms with Gasteiger partial charge in [-0.15, -0.1) is 0 Å². The fraction of sp³-hybridized carbons (Fsp3) is 0.481. The molecule has 0 radical (unpaired) electrons. The number of rotatable bonds is 14. The fourth-order valence-corrected chi connectivity index (χ4v) is 3.89. The molecule has 2 heterocycles. The van der Waals surface area contributed by atoms with Crippen molar-refractivity contribution in [1.82, 2.24) is 19.8 Å². The second-order valence-corrected chi connectivity index (χ2v) is 9.44. The molecule has 1 unspecified atom stereocenters. The number of halogens is 1. The summed E-state index contributed by atoms with van der Waals surface area (Å²) < 4.78 is 19.2. The maximum atomic E-state index is 14.1. The number of methoxy groups -OCH3 is 1. The zero-order chi connectivity index (χ0) is 29.8. The average molecular weight is 557 g/mol. The van der Waals surface area contributed by atoms with Crippen LogP contribution in [0.1, 0.15) is 40.5 Å². The summed E-state index contributed by atoms with van der Waals surface area (Å²) in [5.41, 5.74) is 1.78. The van der Waals surface area contributed by atoms with E-state index in [1.165, 1.54) is 22.1 Å². The van der Waals surface area contributed by atoms with Crippen molar-refractivity contribution in [3.05, 3.63) is 40.7 Å². The summed E-state index contributed by atoms with van der Waals surface area (Å²) in [5.74, 6) is 0.106. The van der Waals surface area contributed by atoms with E-state index in [4.69, 9.17) is 4.74 Å². The number of nitrogens with one attached hydrogen (secondary N) is 2. The Hall–Kier alpha value is -4.15. The molecule has 3 amide bonds. The second-order valence-electron chi connectivity index (χ2n) is 9.44. The van der Waals surface area contributed by atoms with Gasteiger partial charge >= 0.3 is 6.03 Å². The van der Waals surface area contributed by atoms with E-state index in [2.05, 4.69) is 20.6 Å². The first kappa shape index (κ1) is 32.1. The number of ether oxygens (including phenoxy) is 1. The van der Waals surface area contributed by atoms with Crippen molar-refractivity contribution in [1.29, 1.82) is 5.26 Å². The van der Waals surface area contributed by atoms with Crippen LogP contribution in [0.5, 0.6) is 0 Å². The molecule has 0 fully saturated rings. The predicted molar refractivity (Wildman–Crippen MR) is 150 cm³/mol. The number of anilines is 3. The molecule has 2 N–H and O–H groups in total. The molecule has 0 aliphatic carbocycles. The van der Waals surface area contributed by atoms with Crippen LogP contribution >= 0.6 is 0 Å². The van der Waals surface area contributed by atoms with E-state index >= 15 is 0 Å². The highest BCUT2D eigenvalue weighted by molar-refractivity contribution is 6.02. The number of aldehydes is 1. The molecule has 0 aliphatic heterocycles. The molecular weight excluding hydrogens is 519 g/mol. The molecule has 0 spiro atoms. The summed E-state index contributed by atoms with van der Waals surface area (Å²) in [7, 11) is 6.74. The normalized spacial score (nSPS) is 11.5. The first-order valence-corrected chi connectivity index (χ1v) is 12.7. The molecule has 40 heavy (non-hydrogen) atoms. The molecule has 0 saturated carbocycles. The number of carbonyl (C=O) groups is 3. The van der Waals surface area contributed by atoms with Gasteiger partial charge in [0.1, 0.15) is 30.1 Å². The van der Waals surface area contributed by atoms with Gasteiger partial charge in [0.05, 0.1) is 30.4 Å². The van der Waals surface area contributed by atoms with Gasteiger partial charge in [-0.2, -0.15) is 5.26 Å². The third-order valence-electron chi connectivity index (χ3n) is 6.04. The van der Waals surface area contributed by atoms with Gasteiger partial charge in [0, 0.05) is 45.1 Å². The molecule has 0 saturated heterocycles. The Morgan fingerprint density at radius 1 is 1.27 bits per heavy atom. The van der Waals surface area contributed by atoms with Crippen LogP contribution in [0.4, 0.5) is 26.5 Å². The number of pyridine rings is 2. The van der Waals surface area contributed by atoms with Crippen molar-refractivity contribution in [2.24, 2.45) is 0 Å². The number of hydrogen-bond donors (Lipinski definition) is 2. The number of carbonyl (C=O) groups excluding carboxylic acids is 3. The lowest BCUT2D eigenvalue weighted by atomic mass is 10.1. The molecule has 2 aromatic rings. The van der Waals surface area contributed by atoms with Crippen LogP contribution in [-0.2, 0) is 16.1 Å². The summed E-state index contributed by atoms with van der Waals surface area (Å²) >= 11 is 0. The van der Waals surface area contributed by atoms with Crippen LogP contribution in [0.25, 0.3) is 0 Å². The fourth-order valence-electron chi connectivity index (χ4n) is 3.89. The highest BCUT2D eigenvalue weighted by Gasteiger charge is 2.29. The SMILES string of the molecule is CCC(CF)N(C(=O)Nc1cc(NCCOC)c(C#N)cn1)c1nc(C=O)c(CN(C)C(=O)CN(C)C)cc1C. The minimum absolute atomic E-state index is 0.0396. The molecule has 12 nitrogen and oxygen atoms in total. The number of aromatic nitrogens is 2. The highest BCUT2D eigenvalue weighted by atomic mass is 19.1. The molecule has 0 aromatic carbocycles. The lowest BCUT2D eigenvalue weighted by Crippen LogP contribution is -2.45. The number of nitrogens with zero attached hydrogens (tertiary/aromatic N) is 6. The summed E-state index contributed by atoms with van der Waals surface area (Å²) in [5, 5.41) is 15.1. The molecule has 13 heteroatoms. The Kier molecular flexibility index (Phi) is 12.4. The van der Waals surface area contributed by atoms with E-state index in [1.807, 2.05) is 6.07 Å². The molecule has 0 bridgehead atoms. The number of amides is 3. The quantitative estimate of drug-likeness (QED) is 0.265. The molecule has 2 aromatic heterocycles. The van der Waals surface area contributed by atoms with Crippen molar-refractivity contribution < 1.29 is 23.5 Å². The lowest BCUT2D eigenvalue weighted by Gasteiger charge is -2.30. The largest absolute Gasteiger partial charge is 0.383 e. The summed E-state index contributed by atoms with van der Waals surface area (Å²) in [6.45, 7) is 3.74. The first-order chi connectivity index (χ1) is 19.1. The Morgan fingerprint density at radius 3 is 2.58 bits per heavy atom. The van der Waals surface area contributed by atoms with Gasteiger partial charge < -0.3 is 19.9 Å². The zero-order valence-electron chi connectivity index (χ0n) is 23.8. The third-order valence-corrected chi connectivity index (χ3v) is 6.04. The van der Waals surface area contributed by atoms with Crippen LogP contribution in [0.3, 0.4) is 0 Å². The van der Waals surface area contributed by atoms with Gasteiger partial charge in [-0.25, -0.2) is 19.2 Å². The van der Waals surface area contributed by atoms with Crippen molar-refractivity contribution in [2.75, 3.05) is 70.2 Å². The van der Waals surface area contributed by atoms with Gasteiger partial charge in [-0.1, -0.05) is 6.92 Å². The maximum Gasteiger partial charge on any atom is 0.329 e. The first-order valence-electron chi connectivity index (χ1n) is 12.7. The Balaban J connectivity index is 2.43. The summed E-state index contributed by atoms with van der Waals surface area (Å²) in [6.07, 6.45) is 2.14. The van der Waals surface area contributed by atoms with Gasteiger partial charge in [0.2, 0.25) is 5.91 Å². The predicted octanol–water partition coefficient (Wildman–Crippen LogP) is 2.83. The van der Waals surface area contributed by atoms with Gasteiger partial charge in [0.15, 0.2) is 6.29 Å². The van der Waals surface area contributed by atoms with Crippen molar-refractivity contribution in [2.45, 2.75) is 32.9 Å². The molecule has 0 aliphatic rings. The van der Waals surface area contributed by atoms with Gasteiger partial charge in [-0.3, -0.25) is 19.8 Å². The van der Waals surface area contributed by atoms with Crippen LogP contribution in [0.15, 0.2) is 18.3 Å². The average Bonchev–Trinajstić information content (AvgIpc) is 2.92. The number of urea groups is 1. The van der Waals surface area contributed by atoms with E-state index in [1.54, 1.807) is 53.1 Å². The van der Waals surface area contributed by atoms with E-state index in [0.717, 1.165) is 0 Å². The lowest BCUT2D eigenvalue weighted by molar-refractivity contribution is -0.131. The topological polar surface area (TPSA) is 144 Å². The minimum Gasteiger partial charge on any atom is -0.383 e. The highest BCUT2D eigenvalue weighted by Crippen LogP contribution is 2.26. The van der Waals surface area contributed by atoms with Crippen LogP contribution in [-0.4, -0.2) is 98.7 Å². The zero-order valence-corrected chi connectivity index (χ0v) is 23.8. The molecular formula is C27H37FN8O4. The van der Waals surface area contributed by atoms with Crippen LogP contribution in [0, 0.1) is 18.3 Å². The second kappa shape index (κ2) is 15.4. The Labute approximate surface area is 234 Å². The number of nitriles is 1. The number of aryl methyl sites for hydroxylation is 1. The van der Waals surface area contributed by atoms with E-state index in [-0.39, 0.29) is 48.3 Å². The monoisotopic (exact) mass is 556 g/mol. The van der Waals surface area contributed by atoms with Gasteiger partial charge in [-0.05, 0) is 39.1 Å². The molecule has 1 atom stereocenters. The summed E-state index contributed by atoms with van der Waals surface area (Å²) in [6, 6.07) is 3.63. The number of likely N-dealkylation sites (N-methyl/N-ethyl adjacent to an activating group) is 2. The maximum absolute atomic E-state index is 14.1. The molecule has 216 valence electrons. The van der Waals surface area contributed by atoms with Crippen LogP contribution < -0.4 is 15.5 Å². The van der Waals surface area contributed by atoms with E-state index in [0.29, 0.717) is 36.3 Å². The van der Waals surface area contributed by atoms with Crippen molar-refractivity contribution >= 4 is 35.5 Å². The van der Waals surface area contributed by atoms with E-state index < -0.39 is 18.7 Å². The van der Waals surface area contributed by atoms with Crippen LogP contribution in [0.2, 0.25) is 0 Å². The Bertz CT molecular complexity index is 1230. The van der Waals surface area contributed by atoms with Crippen molar-refractivity contribution in [3.8, 4) is 6.07 Å².